The molecule has 31 heavy (non-hydrogen) atoms. The molecule has 0 bridgehead atoms. The molecule has 0 aliphatic rings. The van der Waals surface area contributed by atoms with Crippen LogP contribution in [0.2, 0.25) is 10.0 Å². The summed E-state index contributed by atoms with van der Waals surface area (Å²) in [5.74, 6) is -0.357. The third kappa shape index (κ3) is 7.37. The minimum atomic E-state index is -0.429. The Labute approximate surface area is 190 Å². The van der Waals surface area contributed by atoms with Crippen molar-refractivity contribution in [2.24, 2.45) is 15.2 Å². The highest BCUT2D eigenvalue weighted by molar-refractivity contribution is 6.30. The summed E-state index contributed by atoms with van der Waals surface area (Å²) in [6.45, 7) is 1.91. The summed E-state index contributed by atoms with van der Waals surface area (Å²) < 4.78 is 0. The summed E-state index contributed by atoms with van der Waals surface area (Å²) in [5, 5.41) is 9.50. The Morgan fingerprint density at radius 3 is 1.81 bits per heavy atom. The maximum Gasteiger partial charge on any atom is 0.280 e. The molecule has 2 N–H and O–H groups in total. The Bertz CT molecular complexity index is 1060. The topological polar surface area (TPSA) is 78.2 Å². The Balaban J connectivity index is 1.75. The molecule has 0 fully saturated rings. The average molecular weight is 452 g/mol. The zero-order valence-electron chi connectivity index (χ0n) is 16.6. The number of aliphatic imine (C=N–C) groups is 1. The van der Waals surface area contributed by atoms with E-state index in [0.29, 0.717) is 15.6 Å². The van der Waals surface area contributed by atoms with E-state index in [1.54, 1.807) is 54.9 Å². The van der Waals surface area contributed by atoms with Crippen LogP contribution in [0.3, 0.4) is 0 Å². The van der Waals surface area contributed by atoms with E-state index in [-0.39, 0.29) is 5.96 Å². The molecule has 0 aliphatic carbocycles. The van der Waals surface area contributed by atoms with Crippen LogP contribution in [-0.4, -0.2) is 24.3 Å². The van der Waals surface area contributed by atoms with E-state index in [2.05, 4.69) is 26.0 Å². The number of aryl methyl sites for hydroxylation is 1. The Hall–Kier alpha value is -3.48. The van der Waals surface area contributed by atoms with Gasteiger partial charge in [-0.15, -0.1) is 0 Å². The fraction of sp³-hybridized carbons (Fsp3) is 0.0435. The van der Waals surface area contributed by atoms with Crippen molar-refractivity contribution in [3.8, 4) is 0 Å². The van der Waals surface area contributed by atoms with E-state index in [1.165, 1.54) is 0 Å². The third-order valence-electron chi connectivity index (χ3n) is 3.99. The lowest BCUT2D eigenvalue weighted by atomic mass is 10.1. The van der Waals surface area contributed by atoms with Crippen LogP contribution in [0, 0.1) is 6.92 Å². The maximum absolute atomic E-state index is 12.5. The number of nitrogens with one attached hydrogen (secondary N) is 2. The molecule has 0 saturated carbocycles. The van der Waals surface area contributed by atoms with Crippen molar-refractivity contribution < 1.29 is 4.79 Å². The monoisotopic (exact) mass is 451 g/mol. The molecule has 1 amide bonds. The number of halogens is 2. The van der Waals surface area contributed by atoms with Crippen molar-refractivity contribution in [1.82, 2.24) is 10.9 Å². The van der Waals surface area contributed by atoms with E-state index in [1.807, 2.05) is 37.3 Å². The first-order valence-electron chi connectivity index (χ1n) is 9.28. The second-order valence-electron chi connectivity index (χ2n) is 6.48. The van der Waals surface area contributed by atoms with Gasteiger partial charge in [0.05, 0.1) is 12.4 Å². The molecule has 0 spiro atoms. The van der Waals surface area contributed by atoms with Crippen molar-refractivity contribution in [3.05, 3.63) is 105 Å². The second-order valence-corrected chi connectivity index (χ2v) is 7.35. The van der Waals surface area contributed by atoms with E-state index in [0.717, 1.165) is 16.7 Å². The van der Waals surface area contributed by atoms with Crippen LogP contribution in [0.15, 0.2) is 88.0 Å². The standard InChI is InChI=1S/C23H19Cl2N5O/c1-16-3-2-4-19(13-16)22(31)28-23(29-26-14-17-5-9-20(24)10-6-17)30-27-15-18-7-11-21(25)12-8-18/h2-15H,1H3,(H2,28,29,30,31)/b26-14+,27-15+. The maximum atomic E-state index is 12.5. The number of hydrogen-bond acceptors (Lipinski definition) is 3. The van der Waals surface area contributed by atoms with Gasteiger partial charge >= 0.3 is 0 Å². The lowest BCUT2D eigenvalue weighted by molar-refractivity contribution is 0.100. The minimum absolute atomic E-state index is 0.0712. The van der Waals surface area contributed by atoms with E-state index in [4.69, 9.17) is 23.2 Å². The van der Waals surface area contributed by atoms with Crippen LogP contribution in [0.5, 0.6) is 0 Å². The number of hydrogen-bond donors (Lipinski definition) is 2. The first-order chi connectivity index (χ1) is 15.0. The molecule has 0 aliphatic heterocycles. The second kappa shape index (κ2) is 11.1. The van der Waals surface area contributed by atoms with Crippen LogP contribution in [0.4, 0.5) is 0 Å². The summed E-state index contributed by atoms with van der Waals surface area (Å²) in [4.78, 5) is 16.6. The predicted octanol–water partition coefficient (Wildman–Crippen LogP) is 5.05. The molecular formula is C23H19Cl2N5O. The van der Waals surface area contributed by atoms with Crippen molar-refractivity contribution in [2.75, 3.05) is 0 Å². The Kier molecular flexibility index (Phi) is 7.92. The molecule has 0 unspecified atom stereocenters. The zero-order chi connectivity index (χ0) is 22.1. The van der Waals surface area contributed by atoms with Gasteiger partial charge in [0.15, 0.2) is 0 Å². The Morgan fingerprint density at radius 2 is 1.32 bits per heavy atom. The minimum Gasteiger partial charge on any atom is -0.267 e. The molecule has 0 radical (unpaired) electrons. The third-order valence-corrected chi connectivity index (χ3v) is 4.49. The molecule has 3 aromatic carbocycles. The highest BCUT2D eigenvalue weighted by atomic mass is 35.5. The van der Waals surface area contributed by atoms with Crippen molar-refractivity contribution in [3.63, 3.8) is 0 Å². The molecule has 0 saturated heterocycles. The number of amides is 1. The number of guanidine groups is 1. The summed E-state index contributed by atoms with van der Waals surface area (Å²) in [6.07, 6.45) is 3.15. The van der Waals surface area contributed by atoms with Crippen LogP contribution in [0.1, 0.15) is 27.0 Å². The summed E-state index contributed by atoms with van der Waals surface area (Å²) in [5.41, 5.74) is 8.50. The summed E-state index contributed by atoms with van der Waals surface area (Å²) >= 11 is 11.8. The predicted molar refractivity (Wildman–Crippen MR) is 127 cm³/mol. The van der Waals surface area contributed by atoms with Gasteiger partial charge in [-0.1, -0.05) is 65.2 Å². The zero-order valence-corrected chi connectivity index (χ0v) is 18.1. The van der Waals surface area contributed by atoms with Gasteiger partial charge in [0, 0.05) is 15.6 Å². The average Bonchev–Trinajstić information content (AvgIpc) is 2.76. The molecule has 0 aromatic heterocycles. The van der Waals surface area contributed by atoms with Gasteiger partial charge in [-0.05, 0) is 54.4 Å². The van der Waals surface area contributed by atoms with Gasteiger partial charge < -0.3 is 0 Å². The number of benzene rings is 3. The van der Waals surface area contributed by atoms with Gasteiger partial charge in [-0.25, -0.2) is 10.9 Å². The summed E-state index contributed by atoms with van der Waals surface area (Å²) in [7, 11) is 0. The van der Waals surface area contributed by atoms with Crippen molar-refractivity contribution >= 4 is 47.5 Å². The van der Waals surface area contributed by atoms with E-state index in [9.17, 15) is 4.79 Å². The van der Waals surface area contributed by atoms with Crippen molar-refractivity contribution in [2.45, 2.75) is 6.92 Å². The number of carbonyl (C=O) groups is 1. The largest absolute Gasteiger partial charge is 0.280 e. The number of rotatable bonds is 5. The number of carbonyl (C=O) groups excluding carboxylic acids is 1. The molecule has 0 heterocycles. The first kappa shape index (κ1) is 22.2. The lowest BCUT2D eigenvalue weighted by Crippen LogP contribution is -2.32. The van der Waals surface area contributed by atoms with E-state index < -0.39 is 5.91 Å². The van der Waals surface area contributed by atoms with Gasteiger partial charge in [0.25, 0.3) is 5.91 Å². The highest BCUT2D eigenvalue weighted by Crippen LogP contribution is 2.09. The SMILES string of the molecule is Cc1cccc(C(=O)N=C(N/N=C/c2ccc(Cl)cc2)N/N=C/c2ccc(Cl)cc2)c1. The molecule has 3 rings (SSSR count). The highest BCUT2D eigenvalue weighted by Gasteiger charge is 2.06. The van der Waals surface area contributed by atoms with Crippen LogP contribution in [0.25, 0.3) is 0 Å². The number of nitrogens with zero attached hydrogens (tertiary/aromatic N) is 3. The van der Waals surface area contributed by atoms with Crippen LogP contribution in [-0.2, 0) is 0 Å². The molecule has 0 atom stereocenters. The molecule has 3 aromatic rings. The van der Waals surface area contributed by atoms with Gasteiger partial charge in [0.1, 0.15) is 0 Å². The summed E-state index contributed by atoms with van der Waals surface area (Å²) in [6, 6.07) is 21.5. The first-order valence-corrected chi connectivity index (χ1v) is 10.0. The fourth-order valence-corrected chi connectivity index (χ4v) is 2.70. The Morgan fingerprint density at radius 1 is 0.806 bits per heavy atom. The lowest BCUT2D eigenvalue weighted by Gasteiger charge is -2.05. The molecule has 156 valence electrons. The molecule has 8 heteroatoms. The number of hydrazone groups is 2. The quantitative estimate of drug-likeness (QED) is 0.323. The van der Waals surface area contributed by atoms with Crippen LogP contribution >= 0.6 is 23.2 Å². The molecule has 6 nitrogen and oxygen atoms in total. The normalized spacial score (nSPS) is 10.9. The van der Waals surface area contributed by atoms with Gasteiger partial charge in [-0.3, -0.25) is 4.79 Å². The van der Waals surface area contributed by atoms with Crippen molar-refractivity contribution in [1.29, 1.82) is 0 Å². The smallest absolute Gasteiger partial charge is 0.267 e. The van der Waals surface area contributed by atoms with Gasteiger partial charge in [0.2, 0.25) is 5.96 Å². The van der Waals surface area contributed by atoms with Gasteiger partial charge in [-0.2, -0.15) is 15.2 Å². The fourth-order valence-electron chi connectivity index (χ4n) is 2.45. The molecular weight excluding hydrogens is 433 g/mol. The van der Waals surface area contributed by atoms with Crippen LogP contribution < -0.4 is 10.9 Å². The van der Waals surface area contributed by atoms with E-state index >= 15 is 0 Å².